The standard InChI is InChI=1S/C17H28N3O4PS/c1-4-10-19(17(21)20(11-5-2)25(22,23)24)15-8-6-14(7-9-15)16-18(3)12-13-26-16/h6-9,16H,4-5,10-13H2,1-3H3,(H2,22,23,24). The Labute approximate surface area is 159 Å². The Hall–Kier alpha value is -1.05. The van der Waals surface area contributed by atoms with Crippen LogP contribution in [0, 0.1) is 0 Å². The van der Waals surface area contributed by atoms with E-state index in [1.807, 2.05) is 43.0 Å². The van der Waals surface area contributed by atoms with Gasteiger partial charge in [0, 0.05) is 31.1 Å². The molecule has 1 atom stereocenters. The molecule has 1 aliphatic heterocycles. The van der Waals surface area contributed by atoms with Crippen LogP contribution in [0.4, 0.5) is 10.5 Å². The average Bonchev–Trinajstić information content (AvgIpc) is 3.02. The lowest BCUT2D eigenvalue weighted by Gasteiger charge is -2.30. The van der Waals surface area contributed by atoms with Crippen LogP contribution >= 0.6 is 19.5 Å². The molecule has 7 nitrogen and oxygen atoms in total. The van der Waals surface area contributed by atoms with Crippen molar-refractivity contribution in [3.05, 3.63) is 29.8 Å². The summed E-state index contributed by atoms with van der Waals surface area (Å²) in [5.74, 6) is 1.09. The van der Waals surface area contributed by atoms with E-state index in [4.69, 9.17) is 0 Å². The third-order valence-electron chi connectivity index (χ3n) is 4.26. The minimum atomic E-state index is -4.65. The second-order valence-corrected chi connectivity index (χ2v) is 9.06. The Bertz CT molecular complexity index is 652. The molecule has 2 amide bonds. The predicted molar refractivity (Wildman–Crippen MR) is 106 cm³/mol. The third kappa shape index (κ3) is 5.02. The number of carbonyl (C=O) groups excluding carboxylic acids is 1. The zero-order valence-electron chi connectivity index (χ0n) is 15.5. The lowest BCUT2D eigenvalue weighted by Crippen LogP contribution is -2.42. The number of amides is 2. The van der Waals surface area contributed by atoms with Crippen molar-refractivity contribution >= 4 is 31.2 Å². The van der Waals surface area contributed by atoms with E-state index in [0.29, 0.717) is 35.1 Å². The Kier molecular flexibility index (Phi) is 7.55. The number of hydrogen-bond donors (Lipinski definition) is 2. The van der Waals surface area contributed by atoms with Gasteiger partial charge in [-0.25, -0.2) is 14.0 Å². The normalized spacial score (nSPS) is 18.1. The highest BCUT2D eigenvalue weighted by molar-refractivity contribution is 7.99. The molecule has 9 heteroatoms. The molecule has 0 bridgehead atoms. The number of benzene rings is 1. The molecule has 2 rings (SSSR count). The van der Waals surface area contributed by atoms with Gasteiger partial charge in [0.15, 0.2) is 0 Å². The first-order valence-electron chi connectivity index (χ1n) is 8.86. The summed E-state index contributed by atoms with van der Waals surface area (Å²) >= 11 is 1.88. The Morgan fingerprint density at radius 1 is 1.23 bits per heavy atom. The first-order chi connectivity index (χ1) is 12.3. The van der Waals surface area contributed by atoms with Crippen molar-refractivity contribution in [3.8, 4) is 0 Å². The lowest BCUT2D eigenvalue weighted by atomic mass is 10.1. The van der Waals surface area contributed by atoms with Crippen LogP contribution in [0.5, 0.6) is 0 Å². The molecule has 1 aliphatic rings. The van der Waals surface area contributed by atoms with E-state index >= 15 is 0 Å². The van der Waals surface area contributed by atoms with Crippen LogP contribution < -0.4 is 4.90 Å². The Balaban J connectivity index is 2.25. The monoisotopic (exact) mass is 401 g/mol. The summed E-state index contributed by atoms with van der Waals surface area (Å²) < 4.78 is 12.4. The van der Waals surface area contributed by atoms with E-state index in [2.05, 4.69) is 11.9 Å². The molecule has 146 valence electrons. The van der Waals surface area contributed by atoms with Crippen molar-refractivity contribution in [2.75, 3.05) is 37.3 Å². The van der Waals surface area contributed by atoms with Gasteiger partial charge in [0.1, 0.15) is 0 Å². The fourth-order valence-electron chi connectivity index (χ4n) is 2.97. The smallest absolute Gasteiger partial charge is 0.308 e. The summed E-state index contributed by atoms with van der Waals surface area (Å²) in [6.07, 6.45) is 1.16. The summed E-state index contributed by atoms with van der Waals surface area (Å²) in [4.78, 5) is 35.6. The van der Waals surface area contributed by atoms with E-state index in [9.17, 15) is 19.1 Å². The summed E-state index contributed by atoms with van der Waals surface area (Å²) in [5, 5.41) is 0.311. The van der Waals surface area contributed by atoms with E-state index in [1.54, 1.807) is 6.92 Å². The van der Waals surface area contributed by atoms with Gasteiger partial charge < -0.3 is 9.79 Å². The molecule has 0 spiro atoms. The van der Waals surface area contributed by atoms with Gasteiger partial charge in [-0.3, -0.25) is 9.80 Å². The van der Waals surface area contributed by atoms with E-state index in [0.717, 1.165) is 12.3 Å². The van der Waals surface area contributed by atoms with Gasteiger partial charge in [0.2, 0.25) is 0 Å². The SMILES string of the molecule is CCCN(C(=O)N(CCC)P(=O)(O)O)c1ccc(C2SCCN2C)cc1. The van der Waals surface area contributed by atoms with Gasteiger partial charge >= 0.3 is 13.8 Å². The summed E-state index contributed by atoms with van der Waals surface area (Å²) in [6.45, 7) is 5.18. The van der Waals surface area contributed by atoms with Gasteiger partial charge in [0.25, 0.3) is 0 Å². The highest BCUT2D eigenvalue weighted by Gasteiger charge is 2.33. The molecule has 1 saturated heterocycles. The number of urea groups is 1. The summed E-state index contributed by atoms with van der Waals surface area (Å²) in [5.41, 5.74) is 1.82. The minimum Gasteiger partial charge on any atom is -0.308 e. The number of rotatable bonds is 7. The number of nitrogens with zero attached hydrogens (tertiary/aromatic N) is 3. The number of hydrogen-bond acceptors (Lipinski definition) is 4. The van der Waals surface area contributed by atoms with E-state index < -0.39 is 13.8 Å². The maximum atomic E-state index is 12.8. The molecule has 1 aromatic rings. The fraction of sp³-hybridized carbons (Fsp3) is 0.588. The molecule has 1 heterocycles. The molecule has 0 radical (unpaired) electrons. The second kappa shape index (κ2) is 9.24. The summed E-state index contributed by atoms with van der Waals surface area (Å²) in [6, 6.07) is 7.06. The maximum absolute atomic E-state index is 12.8. The van der Waals surface area contributed by atoms with Crippen molar-refractivity contribution in [1.82, 2.24) is 9.57 Å². The Morgan fingerprint density at radius 2 is 1.85 bits per heavy atom. The van der Waals surface area contributed by atoms with Gasteiger partial charge in [-0.05, 0) is 37.6 Å². The van der Waals surface area contributed by atoms with Gasteiger partial charge in [0.05, 0.1) is 5.37 Å². The third-order valence-corrected chi connectivity index (χ3v) is 6.62. The molecule has 0 aliphatic carbocycles. The van der Waals surface area contributed by atoms with Crippen molar-refractivity contribution in [3.63, 3.8) is 0 Å². The topological polar surface area (TPSA) is 84.3 Å². The van der Waals surface area contributed by atoms with Crippen LogP contribution in [0.3, 0.4) is 0 Å². The van der Waals surface area contributed by atoms with Crippen molar-refractivity contribution < 1.29 is 19.1 Å². The molecule has 2 N–H and O–H groups in total. The van der Waals surface area contributed by atoms with E-state index in [-0.39, 0.29) is 6.54 Å². The quantitative estimate of drug-likeness (QED) is 0.681. The number of carbonyl (C=O) groups is 1. The average molecular weight is 401 g/mol. The minimum absolute atomic E-state index is 0.0188. The fourth-order valence-corrected chi connectivity index (χ4v) is 5.09. The van der Waals surface area contributed by atoms with Crippen LogP contribution in [-0.2, 0) is 4.57 Å². The van der Waals surface area contributed by atoms with Crippen LogP contribution in [0.15, 0.2) is 24.3 Å². The van der Waals surface area contributed by atoms with Crippen LogP contribution in [0.25, 0.3) is 0 Å². The van der Waals surface area contributed by atoms with Gasteiger partial charge in [-0.15, -0.1) is 11.8 Å². The molecule has 0 saturated carbocycles. The zero-order valence-corrected chi connectivity index (χ0v) is 17.2. The van der Waals surface area contributed by atoms with Crippen molar-refractivity contribution in [1.29, 1.82) is 0 Å². The first-order valence-corrected chi connectivity index (χ1v) is 11.5. The van der Waals surface area contributed by atoms with Gasteiger partial charge in [-0.2, -0.15) is 0 Å². The first kappa shape index (κ1) is 21.3. The molecule has 26 heavy (non-hydrogen) atoms. The van der Waals surface area contributed by atoms with Crippen LogP contribution in [-0.4, -0.2) is 57.8 Å². The summed E-state index contributed by atoms with van der Waals surface area (Å²) in [7, 11) is -2.56. The highest BCUT2D eigenvalue weighted by atomic mass is 32.2. The largest absolute Gasteiger partial charge is 0.433 e. The van der Waals surface area contributed by atoms with Gasteiger partial charge in [-0.1, -0.05) is 26.0 Å². The Morgan fingerprint density at radius 3 is 2.31 bits per heavy atom. The maximum Gasteiger partial charge on any atom is 0.433 e. The number of thioether (sulfide) groups is 1. The second-order valence-electron chi connectivity index (χ2n) is 6.37. The molecule has 0 aromatic heterocycles. The predicted octanol–water partition coefficient (Wildman–Crippen LogP) is 3.50. The molecule has 1 unspecified atom stereocenters. The van der Waals surface area contributed by atoms with E-state index in [1.165, 1.54) is 10.5 Å². The number of anilines is 1. The van der Waals surface area contributed by atoms with Crippen molar-refractivity contribution in [2.45, 2.75) is 32.1 Å². The van der Waals surface area contributed by atoms with Crippen molar-refractivity contribution in [2.24, 2.45) is 0 Å². The molecule has 1 aromatic carbocycles. The highest BCUT2D eigenvalue weighted by Crippen LogP contribution is 2.42. The lowest BCUT2D eigenvalue weighted by molar-refractivity contribution is 0.214. The molecule has 1 fully saturated rings. The van der Waals surface area contributed by atoms with Crippen LogP contribution in [0.2, 0.25) is 0 Å². The van der Waals surface area contributed by atoms with Crippen LogP contribution in [0.1, 0.15) is 37.6 Å². The zero-order chi connectivity index (χ0) is 19.3. The molecular formula is C17H28N3O4PS. The molecular weight excluding hydrogens is 373 g/mol.